The van der Waals surface area contributed by atoms with Gasteiger partial charge in [0.05, 0.1) is 12.1 Å². The van der Waals surface area contributed by atoms with Gasteiger partial charge in [0, 0.05) is 23.6 Å². The number of aliphatic hydroxyl groups excluding tert-OH is 1. The molecule has 1 heterocycles. The van der Waals surface area contributed by atoms with Crippen LogP contribution in [0.15, 0.2) is 29.6 Å². The fourth-order valence-electron chi connectivity index (χ4n) is 2.54. The monoisotopic (exact) mass is 346 g/mol. The van der Waals surface area contributed by atoms with Crippen molar-refractivity contribution in [2.75, 3.05) is 6.61 Å². The fraction of sp³-hybridized carbons (Fsp3) is 0.474. The van der Waals surface area contributed by atoms with Gasteiger partial charge >= 0.3 is 0 Å². The Morgan fingerprint density at radius 2 is 2.00 bits per heavy atom. The van der Waals surface area contributed by atoms with E-state index in [1.165, 1.54) is 5.56 Å². The third-order valence-electron chi connectivity index (χ3n) is 4.09. The van der Waals surface area contributed by atoms with Gasteiger partial charge in [-0.25, -0.2) is 4.98 Å². The van der Waals surface area contributed by atoms with Crippen molar-refractivity contribution in [3.05, 3.63) is 40.9 Å². The highest BCUT2D eigenvalue weighted by atomic mass is 32.1. The highest BCUT2D eigenvalue weighted by molar-refractivity contribution is 7.13. The molecule has 0 aliphatic heterocycles. The average molecular weight is 346 g/mol. The molecule has 4 nitrogen and oxygen atoms in total. The molecule has 0 spiro atoms. The molecule has 1 unspecified atom stereocenters. The van der Waals surface area contributed by atoms with E-state index in [1.54, 1.807) is 11.3 Å². The third kappa shape index (κ3) is 5.14. The van der Waals surface area contributed by atoms with Gasteiger partial charge in [0.1, 0.15) is 5.01 Å². The highest BCUT2D eigenvalue weighted by Crippen LogP contribution is 2.24. The van der Waals surface area contributed by atoms with E-state index >= 15 is 0 Å². The zero-order valence-electron chi connectivity index (χ0n) is 14.6. The highest BCUT2D eigenvalue weighted by Gasteiger charge is 2.16. The van der Waals surface area contributed by atoms with Crippen molar-refractivity contribution < 1.29 is 9.90 Å². The second-order valence-electron chi connectivity index (χ2n) is 6.30. The lowest BCUT2D eigenvalue weighted by Crippen LogP contribution is -2.40. The molecule has 1 amide bonds. The van der Waals surface area contributed by atoms with Gasteiger partial charge in [0.2, 0.25) is 5.91 Å². The van der Waals surface area contributed by atoms with Gasteiger partial charge in [0.25, 0.3) is 0 Å². The van der Waals surface area contributed by atoms with Crippen molar-refractivity contribution in [3.8, 4) is 10.6 Å². The van der Waals surface area contributed by atoms with Crippen LogP contribution in [0.5, 0.6) is 0 Å². The second-order valence-corrected chi connectivity index (χ2v) is 7.16. The summed E-state index contributed by atoms with van der Waals surface area (Å²) in [5.41, 5.74) is 3.18. The minimum atomic E-state index is -0.0414. The summed E-state index contributed by atoms with van der Waals surface area (Å²) in [5, 5.41) is 15.0. The molecule has 2 N–H and O–H groups in total. The first-order valence-electron chi connectivity index (χ1n) is 8.47. The van der Waals surface area contributed by atoms with Crippen molar-refractivity contribution in [1.82, 2.24) is 10.3 Å². The topological polar surface area (TPSA) is 62.2 Å². The van der Waals surface area contributed by atoms with Crippen LogP contribution in [0, 0.1) is 5.92 Å². The average Bonchev–Trinajstić information content (AvgIpc) is 3.02. The Morgan fingerprint density at radius 3 is 2.58 bits per heavy atom. The number of hydrogen-bond acceptors (Lipinski definition) is 4. The molecule has 2 aromatic rings. The second kappa shape index (κ2) is 8.94. The maximum atomic E-state index is 12.2. The SMILES string of the molecule is CCc1ccc(-c2nc(CC(=O)NC(CCO)C(C)C)cs2)cc1. The number of nitrogens with zero attached hydrogens (tertiary/aromatic N) is 1. The number of thiazole rings is 1. The number of aliphatic hydroxyl groups is 1. The predicted octanol–water partition coefficient (Wildman–Crippen LogP) is 3.44. The third-order valence-corrected chi connectivity index (χ3v) is 5.03. The van der Waals surface area contributed by atoms with Crippen LogP contribution in [0.1, 0.15) is 38.4 Å². The summed E-state index contributed by atoms with van der Waals surface area (Å²) >= 11 is 1.56. The number of hydrogen-bond donors (Lipinski definition) is 2. The Bertz CT molecular complexity index is 650. The van der Waals surface area contributed by atoms with Gasteiger partial charge in [-0.2, -0.15) is 0 Å². The Balaban J connectivity index is 1.98. The summed E-state index contributed by atoms with van der Waals surface area (Å²) in [7, 11) is 0. The molecular formula is C19H26N2O2S. The van der Waals surface area contributed by atoms with E-state index in [0.717, 1.165) is 22.7 Å². The van der Waals surface area contributed by atoms with E-state index in [1.807, 2.05) is 19.2 Å². The number of aryl methyl sites for hydroxylation is 1. The van der Waals surface area contributed by atoms with Crippen LogP contribution < -0.4 is 5.32 Å². The number of carbonyl (C=O) groups excluding carboxylic acids is 1. The van der Waals surface area contributed by atoms with Gasteiger partial charge in [0.15, 0.2) is 0 Å². The Morgan fingerprint density at radius 1 is 1.29 bits per heavy atom. The Hall–Kier alpha value is -1.72. The van der Waals surface area contributed by atoms with Crippen molar-refractivity contribution in [2.45, 2.75) is 46.1 Å². The van der Waals surface area contributed by atoms with Crippen LogP contribution in [0.3, 0.4) is 0 Å². The Labute approximate surface area is 148 Å². The van der Waals surface area contributed by atoms with Crippen molar-refractivity contribution >= 4 is 17.2 Å². The molecule has 130 valence electrons. The summed E-state index contributed by atoms with van der Waals surface area (Å²) in [4.78, 5) is 16.8. The number of nitrogens with one attached hydrogen (secondary N) is 1. The molecule has 0 aliphatic rings. The molecule has 2 rings (SSSR count). The summed E-state index contributed by atoms with van der Waals surface area (Å²) in [5.74, 6) is 0.254. The molecule has 0 fully saturated rings. The minimum Gasteiger partial charge on any atom is -0.396 e. The number of aromatic nitrogens is 1. The molecule has 5 heteroatoms. The van der Waals surface area contributed by atoms with Crippen LogP contribution in [0.25, 0.3) is 10.6 Å². The number of benzene rings is 1. The normalized spacial score (nSPS) is 12.4. The first-order valence-corrected chi connectivity index (χ1v) is 9.35. The first kappa shape index (κ1) is 18.6. The maximum absolute atomic E-state index is 12.2. The van der Waals surface area contributed by atoms with Gasteiger partial charge in [-0.05, 0) is 24.3 Å². The van der Waals surface area contributed by atoms with E-state index in [4.69, 9.17) is 5.11 Å². The van der Waals surface area contributed by atoms with Crippen molar-refractivity contribution in [2.24, 2.45) is 5.92 Å². The summed E-state index contributed by atoms with van der Waals surface area (Å²) in [6.07, 6.45) is 1.88. The molecule has 0 radical (unpaired) electrons. The van der Waals surface area contributed by atoms with Crippen molar-refractivity contribution in [1.29, 1.82) is 0 Å². The summed E-state index contributed by atoms with van der Waals surface area (Å²) < 4.78 is 0. The molecule has 0 saturated carbocycles. The molecule has 1 aromatic heterocycles. The number of amides is 1. The van der Waals surface area contributed by atoms with Gasteiger partial charge < -0.3 is 10.4 Å². The molecule has 0 bridgehead atoms. The van der Waals surface area contributed by atoms with Crippen LogP contribution in [-0.2, 0) is 17.6 Å². The van der Waals surface area contributed by atoms with Gasteiger partial charge in [-0.3, -0.25) is 4.79 Å². The summed E-state index contributed by atoms with van der Waals surface area (Å²) in [6.45, 7) is 6.30. The van der Waals surface area contributed by atoms with E-state index in [0.29, 0.717) is 12.3 Å². The van der Waals surface area contributed by atoms with Gasteiger partial charge in [-0.15, -0.1) is 11.3 Å². The summed E-state index contributed by atoms with van der Waals surface area (Å²) in [6, 6.07) is 8.40. The molecular weight excluding hydrogens is 320 g/mol. The lowest BCUT2D eigenvalue weighted by Gasteiger charge is -2.21. The lowest BCUT2D eigenvalue weighted by atomic mass is 10.0. The smallest absolute Gasteiger partial charge is 0.226 e. The Kier molecular flexibility index (Phi) is 6.94. The molecule has 0 aliphatic carbocycles. The first-order chi connectivity index (χ1) is 11.5. The van der Waals surface area contributed by atoms with Crippen molar-refractivity contribution in [3.63, 3.8) is 0 Å². The quantitative estimate of drug-likeness (QED) is 0.770. The molecule has 0 saturated heterocycles. The standard InChI is InChI=1S/C19H26N2O2S/c1-4-14-5-7-15(8-6-14)19-20-16(12-24-19)11-18(23)21-17(9-10-22)13(2)3/h5-8,12-13,17,22H,4,9-11H2,1-3H3,(H,21,23). The number of rotatable bonds is 8. The minimum absolute atomic E-state index is 0.00203. The molecule has 24 heavy (non-hydrogen) atoms. The predicted molar refractivity (Wildman–Crippen MR) is 99.1 cm³/mol. The van der Waals surface area contributed by atoms with Crippen LogP contribution in [0.2, 0.25) is 0 Å². The molecule has 1 atom stereocenters. The fourth-order valence-corrected chi connectivity index (χ4v) is 3.36. The maximum Gasteiger partial charge on any atom is 0.226 e. The zero-order chi connectivity index (χ0) is 17.5. The van der Waals surface area contributed by atoms with Crippen LogP contribution in [0.4, 0.5) is 0 Å². The van der Waals surface area contributed by atoms with E-state index < -0.39 is 0 Å². The van der Waals surface area contributed by atoms with E-state index in [9.17, 15) is 4.79 Å². The largest absolute Gasteiger partial charge is 0.396 e. The zero-order valence-corrected chi connectivity index (χ0v) is 15.4. The van der Waals surface area contributed by atoms with Crippen LogP contribution in [-0.4, -0.2) is 28.6 Å². The van der Waals surface area contributed by atoms with Crippen LogP contribution >= 0.6 is 11.3 Å². The lowest BCUT2D eigenvalue weighted by molar-refractivity contribution is -0.121. The molecule has 1 aromatic carbocycles. The number of carbonyl (C=O) groups is 1. The van der Waals surface area contributed by atoms with Gasteiger partial charge in [-0.1, -0.05) is 45.0 Å². The van der Waals surface area contributed by atoms with E-state index in [-0.39, 0.29) is 25.0 Å². The van der Waals surface area contributed by atoms with E-state index in [2.05, 4.69) is 41.5 Å².